The highest BCUT2D eigenvalue weighted by Gasteiger charge is 2.53. The molecule has 1 aliphatic carbocycles. The molecule has 1 aromatic rings. The van der Waals surface area contributed by atoms with Crippen LogP contribution in [0.5, 0.6) is 0 Å². The molecular formula is C14H15F2NO2S. The van der Waals surface area contributed by atoms with E-state index in [0.29, 0.717) is 23.9 Å². The number of nitrogens with zero attached hydrogens (tertiary/aromatic N) is 1. The number of β-amino-alcohol motifs (C(OH)–C–C–N with tert-alkyl or cyclic N) is 1. The minimum Gasteiger partial charge on any atom is -0.386 e. The van der Waals surface area contributed by atoms with Gasteiger partial charge in [0.25, 0.3) is 0 Å². The first-order chi connectivity index (χ1) is 9.48. The van der Waals surface area contributed by atoms with Crippen molar-refractivity contribution in [1.29, 1.82) is 0 Å². The molecule has 1 aromatic carbocycles. The first kappa shape index (κ1) is 13.8. The van der Waals surface area contributed by atoms with E-state index in [2.05, 4.69) is 0 Å². The van der Waals surface area contributed by atoms with Crippen LogP contribution in [0.2, 0.25) is 0 Å². The summed E-state index contributed by atoms with van der Waals surface area (Å²) in [6, 6.07) is 3.59. The fourth-order valence-corrected chi connectivity index (χ4v) is 3.30. The molecule has 0 aromatic heterocycles. The third kappa shape index (κ3) is 2.67. The lowest BCUT2D eigenvalue weighted by atomic mass is 9.89. The van der Waals surface area contributed by atoms with E-state index in [1.165, 1.54) is 17.8 Å². The Morgan fingerprint density at radius 1 is 1.35 bits per heavy atom. The standard InChI is InChI=1S/C14H15F2NO2S/c15-11-4-3-10(5-12(11)16)20-6-13(18)17-7-14(19,8-17)9-1-2-9/h3-5,9,19H,1-2,6-8H2. The quantitative estimate of drug-likeness (QED) is 0.865. The highest BCUT2D eigenvalue weighted by Crippen LogP contribution is 2.44. The summed E-state index contributed by atoms with van der Waals surface area (Å²) in [7, 11) is 0. The predicted octanol–water partition coefficient (Wildman–Crippen LogP) is 2.04. The summed E-state index contributed by atoms with van der Waals surface area (Å²) in [6.45, 7) is 0.795. The van der Waals surface area contributed by atoms with Crippen LogP contribution in [0.15, 0.2) is 23.1 Å². The number of rotatable bonds is 4. The molecule has 3 rings (SSSR count). The molecule has 2 fully saturated rings. The van der Waals surface area contributed by atoms with E-state index >= 15 is 0 Å². The van der Waals surface area contributed by atoms with Crippen molar-refractivity contribution in [2.24, 2.45) is 5.92 Å². The Morgan fingerprint density at radius 3 is 2.65 bits per heavy atom. The van der Waals surface area contributed by atoms with Crippen molar-refractivity contribution >= 4 is 17.7 Å². The predicted molar refractivity (Wildman–Crippen MR) is 71.3 cm³/mol. The molecule has 2 aliphatic rings. The second-order valence-electron chi connectivity index (χ2n) is 5.49. The fraction of sp³-hybridized carbons (Fsp3) is 0.500. The number of carbonyl (C=O) groups is 1. The minimum absolute atomic E-state index is 0.0786. The van der Waals surface area contributed by atoms with Gasteiger partial charge in [-0.2, -0.15) is 0 Å². The SMILES string of the molecule is O=C(CSc1ccc(F)c(F)c1)N1CC(O)(C2CC2)C1. The average molecular weight is 299 g/mol. The maximum absolute atomic E-state index is 13.0. The van der Waals surface area contributed by atoms with Gasteiger partial charge in [0.15, 0.2) is 11.6 Å². The molecule has 1 heterocycles. The van der Waals surface area contributed by atoms with Gasteiger partial charge in [-0.1, -0.05) is 0 Å². The first-order valence-corrected chi connectivity index (χ1v) is 7.54. The van der Waals surface area contributed by atoms with Gasteiger partial charge in [-0.15, -0.1) is 11.8 Å². The van der Waals surface area contributed by atoms with Crippen LogP contribution in [0.3, 0.4) is 0 Å². The van der Waals surface area contributed by atoms with Crippen LogP contribution in [0.25, 0.3) is 0 Å². The van der Waals surface area contributed by atoms with Crippen LogP contribution in [0, 0.1) is 17.6 Å². The van der Waals surface area contributed by atoms with Crippen molar-refractivity contribution in [2.45, 2.75) is 23.3 Å². The van der Waals surface area contributed by atoms with E-state index < -0.39 is 17.2 Å². The number of amides is 1. The molecule has 1 amide bonds. The van der Waals surface area contributed by atoms with Crippen molar-refractivity contribution in [3.05, 3.63) is 29.8 Å². The number of likely N-dealkylation sites (tertiary alicyclic amines) is 1. The van der Waals surface area contributed by atoms with Gasteiger partial charge in [0.1, 0.15) is 5.60 Å². The summed E-state index contributed by atoms with van der Waals surface area (Å²) in [5.41, 5.74) is -0.678. The molecule has 6 heteroatoms. The van der Waals surface area contributed by atoms with E-state index in [0.717, 1.165) is 25.0 Å². The minimum atomic E-state index is -0.908. The van der Waals surface area contributed by atoms with Crippen LogP contribution >= 0.6 is 11.8 Å². The fourth-order valence-electron chi connectivity index (χ4n) is 2.47. The maximum atomic E-state index is 13.0. The van der Waals surface area contributed by atoms with Gasteiger partial charge in [0.2, 0.25) is 5.91 Å². The third-order valence-electron chi connectivity index (χ3n) is 3.87. The smallest absolute Gasteiger partial charge is 0.233 e. The van der Waals surface area contributed by atoms with Gasteiger partial charge < -0.3 is 10.0 Å². The number of thioether (sulfide) groups is 1. The van der Waals surface area contributed by atoms with Crippen molar-refractivity contribution in [1.82, 2.24) is 4.90 Å². The zero-order valence-electron chi connectivity index (χ0n) is 10.8. The van der Waals surface area contributed by atoms with Gasteiger partial charge in [-0.25, -0.2) is 8.78 Å². The number of aliphatic hydroxyl groups is 1. The first-order valence-electron chi connectivity index (χ1n) is 6.56. The summed E-state index contributed by atoms with van der Waals surface area (Å²) >= 11 is 1.17. The second kappa shape index (κ2) is 5.00. The summed E-state index contributed by atoms with van der Waals surface area (Å²) in [4.78, 5) is 14.0. The largest absolute Gasteiger partial charge is 0.386 e. The molecule has 3 nitrogen and oxygen atoms in total. The average Bonchev–Trinajstić information content (AvgIpc) is 3.20. The normalized spacial score (nSPS) is 20.6. The van der Waals surface area contributed by atoms with Gasteiger partial charge >= 0.3 is 0 Å². The summed E-state index contributed by atoms with van der Waals surface area (Å²) in [5.74, 6) is -1.35. The van der Waals surface area contributed by atoms with Crippen LogP contribution in [-0.2, 0) is 4.79 Å². The Bertz CT molecular complexity index is 542. The van der Waals surface area contributed by atoms with Crippen molar-refractivity contribution in [2.75, 3.05) is 18.8 Å². The lowest BCUT2D eigenvalue weighted by Gasteiger charge is -2.47. The molecule has 108 valence electrons. The van der Waals surface area contributed by atoms with Gasteiger partial charge in [-0.05, 0) is 37.0 Å². The van der Waals surface area contributed by atoms with E-state index in [1.807, 2.05) is 0 Å². The molecule has 1 aliphatic heterocycles. The van der Waals surface area contributed by atoms with Gasteiger partial charge in [-0.3, -0.25) is 4.79 Å². The monoisotopic (exact) mass is 299 g/mol. The van der Waals surface area contributed by atoms with Crippen LogP contribution in [0.4, 0.5) is 8.78 Å². The number of hydrogen-bond acceptors (Lipinski definition) is 3. The van der Waals surface area contributed by atoms with E-state index in [-0.39, 0.29) is 11.7 Å². The zero-order valence-corrected chi connectivity index (χ0v) is 11.6. The Labute approximate surface area is 120 Å². The molecule has 0 unspecified atom stereocenters. The number of hydrogen-bond donors (Lipinski definition) is 1. The number of halogens is 2. The van der Waals surface area contributed by atoms with Crippen LogP contribution in [0.1, 0.15) is 12.8 Å². The van der Waals surface area contributed by atoms with Crippen LogP contribution < -0.4 is 0 Å². The second-order valence-corrected chi connectivity index (χ2v) is 6.54. The molecule has 0 bridgehead atoms. The summed E-state index contributed by atoms with van der Waals surface area (Å²) in [6.07, 6.45) is 2.09. The van der Waals surface area contributed by atoms with Gasteiger partial charge in [0.05, 0.1) is 18.8 Å². The summed E-state index contributed by atoms with van der Waals surface area (Å²) in [5, 5.41) is 10.1. The molecule has 1 saturated carbocycles. The molecule has 1 saturated heterocycles. The van der Waals surface area contributed by atoms with Crippen molar-refractivity contribution in [3.63, 3.8) is 0 Å². The highest BCUT2D eigenvalue weighted by atomic mass is 32.2. The Morgan fingerprint density at radius 2 is 2.05 bits per heavy atom. The zero-order chi connectivity index (χ0) is 14.3. The Balaban J connectivity index is 1.49. The lowest BCUT2D eigenvalue weighted by molar-refractivity contribution is -0.156. The molecule has 0 atom stereocenters. The topological polar surface area (TPSA) is 40.5 Å². The molecule has 1 N–H and O–H groups in total. The molecular weight excluding hydrogens is 284 g/mol. The molecule has 0 radical (unpaired) electrons. The van der Waals surface area contributed by atoms with Gasteiger partial charge in [0, 0.05) is 4.90 Å². The van der Waals surface area contributed by atoms with E-state index in [9.17, 15) is 18.7 Å². The Kier molecular flexibility index (Phi) is 3.46. The number of carbonyl (C=O) groups excluding carboxylic acids is 1. The highest BCUT2D eigenvalue weighted by molar-refractivity contribution is 8.00. The van der Waals surface area contributed by atoms with Crippen LogP contribution in [-0.4, -0.2) is 40.4 Å². The molecule has 20 heavy (non-hydrogen) atoms. The molecule has 0 spiro atoms. The van der Waals surface area contributed by atoms with E-state index in [1.54, 1.807) is 4.90 Å². The third-order valence-corrected chi connectivity index (χ3v) is 4.85. The maximum Gasteiger partial charge on any atom is 0.233 e. The van der Waals surface area contributed by atoms with Crippen molar-refractivity contribution in [3.8, 4) is 0 Å². The van der Waals surface area contributed by atoms with E-state index in [4.69, 9.17) is 0 Å². The number of benzene rings is 1. The summed E-state index contributed by atoms with van der Waals surface area (Å²) < 4.78 is 25.8. The van der Waals surface area contributed by atoms with Crippen molar-refractivity contribution < 1.29 is 18.7 Å². The Hall–Kier alpha value is -1.14. The lowest BCUT2D eigenvalue weighted by Crippen LogP contribution is -2.65.